The Morgan fingerprint density at radius 1 is 1.53 bits per heavy atom. The molecule has 2 N–H and O–H groups in total. The van der Waals surface area contributed by atoms with E-state index in [9.17, 15) is 9.59 Å². The van der Waals surface area contributed by atoms with E-state index in [0.29, 0.717) is 5.69 Å². The van der Waals surface area contributed by atoms with E-state index in [4.69, 9.17) is 9.84 Å². The number of alkyl carbamates (subject to hydrolysis) is 1. The molecular weight excluding hydrogens is 250 g/mol. The molecule has 1 aromatic rings. The Labute approximate surface area is 111 Å². The number of aryl methyl sites for hydroxylation is 1. The molecule has 0 aromatic carbocycles. The molecule has 0 aliphatic rings. The first-order valence-corrected chi connectivity index (χ1v) is 5.86. The molecule has 0 aliphatic heterocycles. The summed E-state index contributed by atoms with van der Waals surface area (Å²) in [6.45, 7) is 5.13. The number of carbonyl (C=O) groups is 2. The van der Waals surface area contributed by atoms with Crippen molar-refractivity contribution in [1.82, 2.24) is 14.9 Å². The fourth-order valence-electron chi connectivity index (χ4n) is 1.43. The van der Waals surface area contributed by atoms with Crippen molar-refractivity contribution in [2.75, 3.05) is 0 Å². The maximum atomic E-state index is 11.5. The van der Waals surface area contributed by atoms with Crippen LogP contribution in [0.4, 0.5) is 4.79 Å². The second-order valence-electron chi connectivity index (χ2n) is 5.27. The first kappa shape index (κ1) is 15.0. The summed E-state index contributed by atoms with van der Waals surface area (Å²) in [5.41, 5.74) is -0.0797. The number of nitrogens with one attached hydrogen (secondary N) is 1. The quantitative estimate of drug-likeness (QED) is 0.848. The van der Waals surface area contributed by atoms with Gasteiger partial charge in [-0.15, -0.1) is 0 Å². The molecule has 7 nitrogen and oxygen atoms in total. The van der Waals surface area contributed by atoms with Crippen LogP contribution in [-0.2, 0) is 23.0 Å². The van der Waals surface area contributed by atoms with Crippen molar-refractivity contribution < 1.29 is 19.4 Å². The van der Waals surface area contributed by atoms with Crippen LogP contribution in [0, 0.1) is 0 Å². The van der Waals surface area contributed by atoms with E-state index in [1.165, 1.54) is 0 Å². The molecule has 1 unspecified atom stereocenters. The summed E-state index contributed by atoms with van der Waals surface area (Å²) >= 11 is 0. The average molecular weight is 269 g/mol. The molecular formula is C12H19N3O4. The van der Waals surface area contributed by atoms with Crippen LogP contribution in [0.1, 0.15) is 26.5 Å². The van der Waals surface area contributed by atoms with Crippen LogP contribution < -0.4 is 5.32 Å². The molecule has 0 bridgehead atoms. The SMILES string of the molecule is Cn1cnc(CC(NC(=O)OC(C)(C)C)C(=O)O)c1. The van der Waals surface area contributed by atoms with Crippen molar-refractivity contribution in [1.29, 1.82) is 0 Å². The predicted molar refractivity (Wildman–Crippen MR) is 67.7 cm³/mol. The van der Waals surface area contributed by atoms with Gasteiger partial charge in [0.1, 0.15) is 11.6 Å². The lowest BCUT2D eigenvalue weighted by molar-refractivity contribution is -0.139. The van der Waals surface area contributed by atoms with E-state index in [1.54, 1.807) is 44.9 Å². The highest BCUT2D eigenvalue weighted by molar-refractivity contribution is 5.80. The first-order valence-electron chi connectivity index (χ1n) is 5.86. The molecule has 0 saturated carbocycles. The Bertz CT molecular complexity index is 462. The number of nitrogens with zero attached hydrogens (tertiary/aromatic N) is 2. The number of ether oxygens (including phenoxy) is 1. The lowest BCUT2D eigenvalue weighted by atomic mass is 10.1. The monoisotopic (exact) mass is 269 g/mol. The minimum atomic E-state index is -1.13. The lowest BCUT2D eigenvalue weighted by Gasteiger charge is -2.21. The van der Waals surface area contributed by atoms with E-state index >= 15 is 0 Å². The zero-order valence-corrected chi connectivity index (χ0v) is 11.5. The second kappa shape index (κ2) is 5.73. The van der Waals surface area contributed by atoms with Crippen LogP contribution in [0.5, 0.6) is 0 Å². The van der Waals surface area contributed by atoms with Crippen LogP contribution in [-0.4, -0.2) is 38.4 Å². The molecule has 0 spiro atoms. The van der Waals surface area contributed by atoms with Crippen LogP contribution >= 0.6 is 0 Å². The summed E-state index contributed by atoms with van der Waals surface area (Å²) in [6, 6.07) is -1.07. The Kier molecular flexibility index (Phi) is 4.52. The number of aromatic nitrogens is 2. The Morgan fingerprint density at radius 2 is 2.16 bits per heavy atom. The number of aliphatic carboxylic acids is 1. The summed E-state index contributed by atoms with van der Waals surface area (Å²) in [6.07, 6.45) is 2.62. The third-order valence-corrected chi connectivity index (χ3v) is 2.16. The van der Waals surface area contributed by atoms with Crippen molar-refractivity contribution >= 4 is 12.1 Å². The normalized spacial score (nSPS) is 12.8. The molecule has 1 heterocycles. The van der Waals surface area contributed by atoms with Crippen LogP contribution in [0.15, 0.2) is 12.5 Å². The predicted octanol–water partition coefficient (Wildman–Crippen LogP) is 0.940. The molecule has 1 aromatic heterocycles. The standard InChI is InChI=1S/C12H19N3O4/c1-12(2,3)19-11(18)14-9(10(16)17)5-8-6-15(4)7-13-8/h6-7,9H,5H2,1-4H3,(H,14,18)(H,16,17). The summed E-state index contributed by atoms with van der Waals surface area (Å²) in [5, 5.41) is 11.4. The number of carbonyl (C=O) groups excluding carboxylic acids is 1. The zero-order valence-electron chi connectivity index (χ0n) is 11.5. The minimum Gasteiger partial charge on any atom is -0.480 e. The summed E-state index contributed by atoms with van der Waals surface area (Å²) in [5.74, 6) is -1.13. The van der Waals surface area contributed by atoms with Crippen LogP contribution in [0.25, 0.3) is 0 Å². The first-order chi connectivity index (χ1) is 8.67. The number of carboxylic acid groups (broad SMARTS) is 1. The van der Waals surface area contributed by atoms with Gasteiger partial charge in [-0.1, -0.05) is 0 Å². The number of imidazole rings is 1. The maximum absolute atomic E-state index is 11.5. The van der Waals surface area contributed by atoms with Gasteiger partial charge in [-0.3, -0.25) is 0 Å². The van der Waals surface area contributed by atoms with E-state index in [1.807, 2.05) is 0 Å². The third kappa shape index (κ3) is 5.41. The van der Waals surface area contributed by atoms with Crippen LogP contribution in [0.2, 0.25) is 0 Å². The van der Waals surface area contributed by atoms with E-state index < -0.39 is 23.7 Å². The van der Waals surface area contributed by atoms with E-state index in [0.717, 1.165) is 0 Å². The smallest absolute Gasteiger partial charge is 0.408 e. The fraction of sp³-hybridized carbons (Fsp3) is 0.583. The molecule has 0 fully saturated rings. The number of hydrogen-bond acceptors (Lipinski definition) is 4. The number of carboxylic acids is 1. The highest BCUT2D eigenvalue weighted by Crippen LogP contribution is 2.08. The van der Waals surface area contributed by atoms with Gasteiger partial charge in [0.15, 0.2) is 0 Å². The van der Waals surface area contributed by atoms with Gasteiger partial charge in [-0.05, 0) is 20.8 Å². The average Bonchev–Trinajstić information content (AvgIpc) is 2.60. The van der Waals surface area contributed by atoms with Gasteiger partial charge in [-0.25, -0.2) is 14.6 Å². The summed E-state index contributed by atoms with van der Waals surface area (Å²) in [4.78, 5) is 26.7. The Hall–Kier alpha value is -2.05. The van der Waals surface area contributed by atoms with E-state index in [2.05, 4.69) is 10.3 Å². The molecule has 0 saturated heterocycles. The molecule has 7 heteroatoms. The molecule has 1 rings (SSSR count). The van der Waals surface area contributed by atoms with Gasteiger partial charge in [0.25, 0.3) is 0 Å². The fourth-order valence-corrected chi connectivity index (χ4v) is 1.43. The van der Waals surface area contributed by atoms with Crippen molar-refractivity contribution in [2.45, 2.75) is 38.8 Å². The van der Waals surface area contributed by atoms with Gasteiger partial charge < -0.3 is 19.7 Å². The lowest BCUT2D eigenvalue weighted by Crippen LogP contribution is -2.44. The molecule has 19 heavy (non-hydrogen) atoms. The number of amides is 1. The molecule has 106 valence electrons. The minimum absolute atomic E-state index is 0.107. The largest absolute Gasteiger partial charge is 0.480 e. The number of rotatable bonds is 4. The van der Waals surface area contributed by atoms with E-state index in [-0.39, 0.29) is 6.42 Å². The summed E-state index contributed by atoms with van der Waals surface area (Å²) in [7, 11) is 1.79. The van der Waals surface area contributed by atoms with Gasteiger partial charge in [0.05, 0.1) is 12.0 Å². The van der Waals surface area contributed by atoms with Crippen molar-refractivity contribution in [3.05, 3.63) is 18.2 Å². The molecule has 1 atom stereocenters. The Balaban J connectivity index is 2.63. The van der Waals surface area contributed by atoms with Gasteiger partial charge >= 0.3 is 12.1 Å². The zero-order chi connectivity index (χ0) is 14.6. The highest BCUT2D eigenvalue weighted by Gasteiger charge is 2.24. The highest BCUT2D eigenvalue weighted by atomic mass is 16.6. The van der Waals surface area contributed by atoms with Crippen molar-refractivity contribution in [2.24, 2.45) is 7.05 Å². The van der Waals surface area contributed by atoms with Gasteiger partial charge in [0.2, 0.25) is 0 Å². The van der Waals surface area contributed by atoms with Crippen LogP contribution in [0.3, 0.4) is 0 Å². The second-order valence-corrected chi connectivity index (χ2v) is 5.27. The Morgan fingerprint density at radius 3 is 2.58 bits per heavy atom. The molecule has 1 amide bonds. The van der Waals surface area contributed by atoms with Crippen molar-refractivity contribution in [3.63, 3.8) is 0 Å². The van der Waals surface area contributed by atoms with Gasteiger partial charge in [-0.2, -0.15) is 0 Å². The number of hydrogen-bond donors (Lipinski definition) is 2. The van der Waals surface area contributed by atoms with Gasteiger partial charge in [0, 0.05) is 19.7 Å². The third-order valence-electron chi connectivity index (χ3n) is 2.16. The molecule has 0 aliphatic carbocycles. The topological polar surface area (TPSA) is 93.5 Å². The summed E-state index contributed by atoms with van der Waals surface area (Å²) < 4.78 is 6.73. The maximum Gasteiger partial charge on any atom is 0.408 e. The molecule has 0 radical (unpaired) electrons. The van der Waals surface area contributed by atoms with Crippen molar-refractivity contribution in [3.8, 4) is 0 Å².